The van der Waals surface area contributed by atoms with E-state index in [1.807, 2.05) is 11.3 Å². The topological polar surface area (TPSA) is 4.93 Å². The van der Waals surface area contributed by atoms with Gasteiger partial charge in [0.2, 0.25) is 0 Å². The molecule has 0 aliphatic rings. The third-order valence-corrected chi connectivity index (χ3v) is 9.23. The molecule has 0 N–H and O–H groups in total. The van der Waals surface area contributed by atoms with Crippen molar-refractivity contribution in [3.05, 3.63) is 127 Å². The lowest BCUT2D eigenvalue weighted by Gasteiger charge is -2.10. The fourth-order valence-electron chi connectivity index (χ4n) is 6.41. The SMILES string of the molecule is c1ccc2cc(-n3c4ccc5ccccc5c4c4c5c(ccc43)sc3cc4ccccc4cc35)ccc2c1. The van der Waals surface area contributed by atoms with E-state index in [9.17, 15) is 0 Å². The first-order valence-electron chi connectivity index (χ1n) is 13.0. The molecule has 2 aromatic heterocycles. The number of hydrogen-bond donors (Lipinski definition) is 0. The van der Waals surface area contributed by atoms with Crippen LogP contribution in [0.4, 0.5) is 0 Å². The first-order chi connectivity index (χ1) is 18.8. The molecule has 0 aliphatic carbocycles. The number of rotatable bonds is 1. The zero-order chi connectivity index (χ0) is 24.8. The summed E-state index contributed by atoms with van der Waals surface area (Å²) in [6.07, 6.45) is 0. The largest absolute Gasteiger partial charge is 0.309 e. The lowest BCUT2D eigenvalue weighted by molar-refractivity contribution is 1.19. The summed E-state index contributed by atoms with van der Waals surface area (Å²) >= 11 is 1.90. The fraction of sp³-hybridized carbons (Fsp3) is 0. The smallest absolute Gasteiger partial charge is 0.0548 e. The van der Waals surface area contributed by atoms with Crippen molar-refractivity contribution in [1.29, 1.82) is 0 Å². The molecule has 0 amide bonds. The van der Waals surface area contributed by atoms with Crippen LogP contribution in [-0.2, 0) is 0 Å². The van der Waals surface area contributed by atoms with E-state index in [0.717, 1.165) is 0 Å². The van der Waals surface area contributed by atoms with Gasteiger partial charge in [-0.3, -0.25) is 0 Å². The van der Waals surface area contributed by atoms with Crippen molar-refractivity contribution in [2.45, 2.75) is 0 Å². The Morgan fingerprint density at radius 3 is 1.87 bits per heavy atom. The average Bonchev–Trinajstić information content (AvgIpc) is 3.50. The zero-order valence-electron chi connectivity index (χ0n) is 20.5. The van der Waals surface area contributed by atoms with E-state index in [0.29, 0.717) is 0 Å². The van der Waals surface area contributed by atoms with Gasteiger partial charge < -0.3 is 4.57 Å². The van der Waals surface area contributed by atoms with Crippen molar-refractivity contribution in [2.24, 2.45) is 0 Å². The van der Waals surface area contributed by atoms with Gasteiger partial charge in [-0.05, 0) is 74.8 Å². The molecular formula is C36H21NS. The van der Waals surface area contributed by atoms with Crippen LogP contribution in [0.5, 0.6) is 0 Å². The monoisotopic (exact) mass is 499 g/mol. The maximum Gasteiger partial charge on any atom is 0.0548 e. The highest BCUT2D eigenvalue weighted by Crippen LogP contribution is 2.46. The van der Waals surface area contributed by atoms with Gasteiger partial charge in [-0.25, -0.2) is 0 Å². The summed E-state index contributed by atoms with van der Waals surface area (Å²) < 4.78 is 5.15. The molecule has 0 atom stereocenters. The number of thiophene rings is 1. The van der Waals surface area contributed by atoms with Gasteiger partial charge in [-0.2, -0.15) is 0 Å². The number of hydrogen-bond acceptors (Lipinski definition) is 1. The van der Waals surface area contributed by atoms with Gasteiger partial charge in [0.25, 0.3) is 0 Å². The second-order valence-corrected chi connectivity index (χ2v) is 11.3. The summed E-state index contributed by atoms with van der Waals surface area (Å²) in [4.78, 5) is 0. The second-order valence-electron chi connectivity index (χ2n) is 10.2. The Balaban J connectivity index is 1.53. The van der Waals surface area contributed by atoms with Crippen LogP contribution in [0.2, 0.25) is 0 Å². The predicted molar refractivity (Wildman–Crippen MR) is 166 cm³/mol. The Bertz CT molecular complexity index is 2400. The Labute approximate surface area is 222 Å². The Kier molecular flexibility index (Phi) is 3.99. The lowest BCUT2D eigenvalue weighted by Crippen LogP contribution is -1.93. The first-order valence-corrected chi connectivity index (χ1v) is 13.8. The normalized spacial score (nSPS) is 12.2. The lowest BCUT2D eigenvalue weighted by atomic mass is 9.99. The van der Waals surface area contributed by atoms with Crippen LogP contribution in [0, 0.1) is 0 Å². The first kappa shape index (κ1) is 20.4. The van der Waals surface area contributed by atoms with Crippen molar-refractivity contribution in [1.82, 2.24) is 4.57 Å². The van der Waals surface area contributed by atoms with Crippen molar-refractivity contribution >= 4 is 85.6 Å². The highest BCUT2D eigenvalue weighted by Gasteiger charge is 2.20. The molecular weight excluding hydrogens is 478 g/mol. The van der Waals surface area contributed by atoms with Crippen LogP contribution in [0.25, 0.3) is 80.0 Å². The third kappa shape index (κ3) is 2.70. The minimum atomic E-state index is 1.20. The van der Waals surface area contributed by atoms with E-state index in [2.05, 4.69) is 132 Å². The molecule has 0 fully saturated rings. The van der Waals surface area contributed by atoms with Gasteiger partial charge in [-0.1, -0.05) is 84.9 Å². The fourth-order valence-corrected chi connectivity index (χ4v) is 7.56. The van der Waals surface area contributed by atoms with E-state index in [-0.39, 0.29) is 0 Å². The van der Waals surface area contributed by atoms with Crippen LogP contribution < -0.4 is 0 Å². The van der Waals surface area contributed by atoms with Gasteiger partial charge in [0.1, 0.15) is 0 Å². The van der Waals surface area contributed by atoms with Gasteiger partial charge in [-0.15, -0.1) is 11.3 Å². The summed E-state index contributed by atoms with van der Waals surface area (Å²) in [5, 5.41) is 13.1. The van der Waals surface area contributed by atoms with E-state index >= 15 is 0 Å². The zero-order valence-corrected chi connectivity index (χ0v) is 21.3. The number of aromatic nitrogens is 1. The minimum Gasteiger partial charge on any atom is -0.309 e. The third-order valence-electron chi connectivity index (χ3n) is 8.11. The average molecular weight is 500 g/mol. The maximum absolute atomic E-state index is 2.47. The van der Waals surface area contributed by atoms with E-state index in [4.69, 9.17) is 0 Å². The van der Waals surface area contributed by atoms with Crippen molar-refractivity contribution < 1.29 is 0 Å². The van der Waals surface area contributed by atoms with Gasteiger partial charge in [0.15, 0.2) is 0 Å². The van der Waals surface area contributed by atoms with Crippen LogP contribution in [0.1, 0.15) is 0 Å². The number of nitrogens with zero attached hydrogens (tertiary/aromatic N) is 1. The second kappa shape index (κ2) is 7.44. The molecule has 0 radical (unpaired) electrons. The molecule has 9 aromatic rings. The summed E-state index contributed by atoms with van der Waals surface area (Å²) in [6, 6.07) is 47.0. The van der Waals surface area contributed by atoms with Crippen molar-refractivity contribution in [3.8, 4) is 5.69 Å². The maximum atomic E-state index is 2.47. The summed E-state index contributed by atoms with van der Waals surface area (Å²) in [5.41, 5.74) is 3.71. The molecule has 1 nitrogen and oxygen atoms in total. The van der Waals surface area contributed by atoms with Crippen LogP contribution in [0.15, 0.2) is 127 Å². The molecule has 9 rings (SSSR count). The summed E-state index contributed by atoms with van der Waals surface area (Å²) in [7, 11) is 0. The highest BCUT2D eigenvalue weighted by atomic mass is 32.1. The molecule has 176 valence electrons. The standard InChI is InChI=1S/C36H21NS/c1-2-9-24-19-27(15-13-22(24)7-1)37-30-16-14-23-8-5-6-12-28(23)34(30)36-31(37)17-18-32-35(36)29-20-25-10-3-4-11-26(25)21-33(29)38-32/h1-21H. The van der Waals surface area contributed by atoms with Gasteiger partial charge >= 0.3 is 0 Å². The highest BCUT2D eigenvalue weighted by molar-refractivity contribution is 7.26. The number of fused-ring (bicyclic) bond motifs is 11. The predicted octanol–water partition coefficient (Wildman–Crippen LogP) is 10.6. The van der Waals surface area contributed by atoms with E-state index in [1.54, 1.807) is 0 Å². The van der Waals surface area contributed by atoms with Crippen LogP contribution in [0.3, 0.4) is 0 Å². The van der Waals surface area contributed by atoms with E-state index < -0.39 is 0 Å². The molecule has 2 heterocycles. The molecule has 38 heavy (non-hydrogen) atoms. The van der Waals surface area contributed by atoms with Gasteiger partial charge in [0.05, 0.1) is 11.0 Å². The quantitative estimate of drug-likeness (QED) is 0.212. The molecule has 0 bridgehead atoms. The van der Waals surface area contributed by atoms with E-state index in [1.165, 1.54) is 80.0 Å². The Hall–Kier alpha value is -4.66. The van der Waals surface area contributed by atoms with Gasteiger partial charge in [0, 0.05) is 36.6 Å². The molecule has 0 unspecified atom stereocenters. The van der Waals surface area contributed by atoms with Crippen LogP contribution >= 0.6 is 11.3 Å². The minimum absolute atomic E-state index is 1.20. The molecule has 2 heteroatoms. The number of benzene rings is 7. The molecule has 7 aromatic carbocycles. The van der Waals surface area contributed by atoms with Crippen molar-refractivity contribution in [2.75, 3.05) is 0 Å². The Morgan fingerprint density at radius 1 is 0.395 bits per heavy atom. The molecule has 0 spiro atoms. The summed E-state index contributed by atoms with van der Waals surface area (Å²) in [5.74, 6) is 0. The molecule has 0 saturated carbocycles. The van der Waals surface area contributed by atoms with Crippen LogP contribution in [-0.4, -0.2) is 4.57 Å². The Morgan fingerprint density at radius 2 is 1.03 bits per heavy atom. The van der Waals surface area contributed by atoms with Crippen molar-refractivity contribution in [3.63, 3.8) is 0 Å². The summed E-state index contributed by atoms with van der Waals surface area (Å²) in [6.45, 7) is 0. The molecule has 0 aliphatic heterocycles. The molecule has 0 saturated heterocycles.